The van der Waals surface area contributed by atoms with Gasteiger partial charge in [-0.25, -0.2) is 9.07 Å². The summed E-state index contributed by atoms with van der Waals surface area (Å²) in [7, 11) is 0. The van der Waals surface area contributed by atoms with E-state index >= 15 is 0 Å². The Hall–Kier alpha value is -3.70. The fourth-order valence-corrected chi connectivity index (χ4v) is 3.69. The summed E-state index contributed by atoms with van der Waals surface area (Å²) < 4.78 is 90.2. The van der Waals surface area contributed by atoms with Crippen LogP contribution in [0.25, 0.3) is 0 Å². The molecule has 1 unspecified atom stereocenters. The van der Waals surface area contributed by atoms with E-state index in [1.807, 2.05) is 0 Å². The molecule has 206 valence electrons. The molecule has 0 saturated carbocycles. The van der Waals surface area contributed by atoms with E-state index in [-0.39, 0.29) is 42.2 Å². The average molecular weight is 568 g/mol. The van der Waals surface area contributed by atoms with Gasteiger partial charge < -0.3 is 10.6 Å². The molecule has 0 radical (unpaired) electrons. The first-order valence-corrected chi connectivity index (χ1v) is 11.6. The van der Waals surface area contributed by atoms with Gasteiger partial charge in [-0.15, -0.1) is 15.3 Å². The van der Waals surface area contributed by atoms with Crippen LogP contribution in [0, 0.1) is 0 Å². The molecule has 0 aliphatic carbocycles. The SMILES string of the molecule is O=C(NCc1cncc(C(F)(F)F)c1)c1cn(CC(F)CCc2nnc(C(=O)NCCC(F)(F)F)s2)nn1. The molecule has 2 N–H and O–H groups in total. The Balaban J connectivity index is 1.43. The largest absolute Gasteiger partial charge is 0.417 e. The molecule has 0 spiro atoms. The molecule has 10 nitrogen and oxygen atoms in total. The van der Waals surface area contributed by atoms with Crippen LogP contribution < -0.4 is 10.6 Å². The van der Waals surface area contributed by atoms with Crippen molar-refractivity contribution in [3.63, 3.8) is 0 Å². The Kier molecular flexibility index (Phi) is 9.29. The van der Waals surface area contributed by atoms with Crippen LogP contribution in [0.4, 0.5) is 30.7 Å². The zero-order valence-corrected chi connectivity index (χ0v) is 20.0. The number of nitrogens with one attached hydrogen (secondary N) is 2. The summed E-state index contributed by atoms with van der Waals surface area (Å²) in [5.74, 6) is -1.55. The molecule has 0 fully saturated rings. The first-order chi connectivity index (χ1) is 17.8. The van der Waals surface area contributed by atoms with Crippen LogP contribution in [0.3, 0.4) is 0 Å². The molecule has 3 heterocycles. The number of carbonyl (C=O) groups excluding carboxylic acids is 2. The molecule has 18 heteroatoms. The number of carbonyl (C=O) groups is 2. The van der Waals surface area contributed by atoms with Crippen LogP contribution >= 0.6 is 11.3 Å². The lowest BCUT2D eigenvalue weighted by Crippen LogP contribution is -2.27. The highest BCUT2D eigenvalue weighted by atomic mass is 32.1. The Labute approximate surface area is 213 Å². The number of nitrogens with zero attached hydrogens (tertiary/aromatic N) is 6. The molecular weight excluding hydrogens is 549 g/mol. The summed E-state index contributed by atoms with van der Waals surface area (Å²) in [5.41, 5.74) is -1.02. The zero-order chi connectivity index (χ0) is 27.9. The highest BCUT2D eigenvalue weighted by Gasteiger charge is 2.31. The summed E-state index contributed by atoms with van der Waals surface area (Å²) in [6, 6.07) is 0.846. The lowest BCUT2D eigenvalue weighted by atomic mass is 10.2. The van der Waals surface area contributed by atoms with E-state index in [1.165, 1.54) is 12.4 Å². The lowest BCUT2D eigenvalue weighted by molar-refractivity contribution is -0.138. The van der Waals surface area contributed by atoms with Gasteiger partial charge in [0.1, 0.15) is 11.2 Å². The van der Waals surface area contributed by atoms with E-state index in [1.54, 1.807) is 0 Å². The molecule has 3 rings (SSSR count). The van der Waals surface area contributed by atoms with E-state index in [4.69, 9.17) is 0 Å². The third-order valence-corrected chi connectivity index (χ3v) is 5.74. The fourth-order valence-electron chi connectivity index (χ4n) is 2.92. The Morgan fingerprint density at radius 2 is 1.79 bits per heavy atom. The van der Waals surface area contributed by atoms with Crippen LogP contribution in [0.15, 0.2) is 24.7 Å². The smallest absolute Gasteiger partial charge is 0.350 e. The van der Waals surface area contributed by atoms with Crippen LogP contribution in [-0.2, 0) is 25.7 Å². The molecule has 0 aromatic carbocycles. The van der Waals surface area contributed by atoms with Crippen LogP contribution in [0.2, 0.25) is 0 Å². The molecule has 0 aliphatic heterocycles. The van der Waals surface area contributed by atoms with Gasteiger partial charge in [-0.05, 0) is 18.1 Å². The van der Waals surface area contributed by atoms with Crippen LogP contribution in [0.5, 0.6) is 0 Å². The predicted octanol–water partition coefficient (Wildman–Crippen LogP) is 3.13. The standard InChI is InChI=1S/C20H19F7N8O2S/c21-13(1-2-15-32-33-18(38-15)17(37)29-4-3-19(22,23)24)9-35-10-14(31-34-35)16(36)30-7-11-5-12(8-28-6-11)20(25,26)27/h5-6,8,10,13H,1-4,7,9H2,(H,29,37)(H,30,36). The second-order valence-corrected chi connectivity index (χ2v) is 8.91. The first kappa shape index (κ1) is 28.9. The third kappa shape index (κ3) is 9.00. The van der Waals surface area contributed by atoms with Crippen molar-refractivity contribution in [2.75, 3.05) is 6.54 Å². The summed E-state index contributed by atoms with van der Waals surface area (Å²) in [6.07, 6.45) is -8.62. The topological polar surface area (TPSA) is 128 Å². The van der Waals surface area contributed by atoms with Crippen molar-refractivity contribution in [2.45, 2.75) is 50.9 Å². The minimum Gasteiger partial charge on any atom is -0.350 e. The van der Waals surface area contributed by atoms with Crippen LogP contribution in [-0.4, -0.2) is 60.9 Å². The number of rotatable bonds is 11. The van der Waals surface area contributed by atoms with Crippen molar-refractivity contribution in [2.24, 2.45) is 0 Å². The third-order valence-electron chi connectivity index (χ3n) is 4.76. The van der Waals surface area contributed by atoms with Gasteiger partial charge in [0.25, 0.3) is 11.8 Å². The number of amides is 2. The normalized spacial score (nSPS) is 12.8. The number of hydrogen-bond donors (Lipinski definition) is 2. The first-order valence-electron chi connectivity index (χ1n) is 10.8. The van der Waals surface area contributed by atoms with Gasteiger partial charge in [0.15, 0.2) is 5.69 Å². The number of hydrogen-bond acceptors (Lipinski definition) is 8. The summed E-state index contributed by atoms with van der Waals surface area (Å²) in [4.78, 5) is 27.5. The highest BCUT2D eigenvalue weighted by Crippen LogP contribution is 2.28. The Morgan fingerprint density at radius 1 is 1.03 bits per heavy atom. The number of alkyl halides is 7. The molecule has 2 amide bonds. The van der Waals surface area contributed by atoms with E-state index < -0.39 is 48.9 Å². The van der Waals surface area contributed by atoms with Crippen molar-refractivity contribution >= 4 is 23.2 Å². The van der Waals surface area contributed by atoms with Crippen molar-refractivity contribution in [3.05, 3.63) is 51.5 Å². The minimum absolute atomic E-state index is 0.0612. The van der Waals surface area contributed by atoms with Gasteiger partial charge in [0.2, 0.25) is 5.01 Å². The zero-order valence-electron chi connectivity index (χ0n) is 19.2. The van der Waals surface area contributed by atoms with Gasteiger partial charge in [-0.3, -0.25) is 14.6 Å². The van der Waals surface area contributed by atoms with Crippen molar-refractivity contribution in [1.29, 1.82) is 0 Å². The van der Waals surface area contributed by atoms with E-state index in [9.17, 15) is 40.3 Å². The molecule has 0 saturated heterocycles. The number of aryl methyl sites for hydroxylation is 1. The Morgan fingerprint density at radius 3 is 2.50 bits per heavy atom. The molecule has 3 aromatic rings. The molecule has 1 atom stereocenters. The highest BCUT2D eigenvalue weighted by molar-refractivity contribution is 7.13. The Bertz CT molecular complexity index is 1240. The quantitative estimate of drug-likeness (QED) is 0.340. The van der Waals surface area contributed by atoms with Crippen molar-refractivity contribution in [3.8, 4) is 0 Å². The van der Waals surface area contributed by atoms with E-state index in [0.717, 1.165) is 22.1 Å². The number of pyridine rings is 1. The van der Waals surface area contributed by atoms with Gasteiger partial charge in [0.05, 0.1) is 24.7 Å². The van der Waals surface area contributed by atoms with Crippen molar-refractivity contribution < 1.29 is 40.3 Å². The summed E-state index contributed by atoms with van der Waals surface area (Å²) >= 11 is 0.824. The second kappa shape index (κ2) is 12.2. The lowest BCUT2D eigenvalue weighted by Gasteiger charge is -2.08. The maximum absolute atomic E-state index is 14.4. The van der Waals surface area contributed by atoms with Gasteiger partial charge >= 0.3 is 12.4 Å². The number of aromatic nitrogens is 6. The maximum Gasteiger partial charge on any atom is 0.417 e. The second-order valence-electron chi connectivity index (χ2n) is 7.85. The van der Waals surface area contributed by atoms with Crippen LogP contribution in [0.1, 0.15) is 49.3 Å². The summed E-state index contributed by atoms with van der Waals surface area (Å²) in [6.45, 7) is -1.13. The monoisotopic (exact) mass is 568 g/mol. The fraction of sp³-hybridized carbons (Fsp3) is 0.450. The summed E-state index contributed by atoms with van der Waals surface area (Å²) in [5, 5.41) is 19.2. The predicted molar refractivity (Wildman–Crippen MR) is 117 cm³/mol. The molecule has 0 aliphatic rings. The van der Waals surface area contributed by atoms with Gasteiger partial charge in [-0.1, -0.05) is 16.6 Å². The minimum atomic E-state index is -4.58. The van der Waals surface area contributed by atoms with E-state index in [2.05, 4.69) is 36.1 Å². The van der Waals surface area contributed by atoms with Gasteiger partial charge in [0, 0.05) is 31.9 Å². The molecule has 3 aromatic heterocycles. The van der Waals surface area contributed by atoms with Gasteiger partial charge in [-0.2, -0.15) is 26.3 Å². The molecule has 0 bridgehead atoms. The maximum atomic E-state index is 14.4. The average Bonchev–Trinajstić information content (AvgIpc) is 3.50. The molecule has 38 heavy (non-hydrogen) atoms. The van der Waals surface area contributed by atoms with E-state index in [0.29, 0.717) is 11.2 Å². The molecular formula is C20H19F7N8O2S. The number of halogens is 7. The van der Waals surface area contributed by atoms with Crippen molar-refractivity contribution in [1.82, 2.24) is 40.8 Å².